The highest BCUT2D eigenvalue weighted by atomic mass is 19.1. The Balaban J connectivity index is 2.06. The summed E-state index contributed by atoms with van der Waals surface area (Å²) in [5.41, 5.74) is -0.512. The van der Waals surface area contributed by atoms with Crippen LogP contribution in [0.1, 0.15) is 40.4 Å². The first-order chi connectivity index (χ1) is 9.58. The van der Waals surface area contributed by atoms with E-state index in [4.69, 9.17) is 4.52 Å². The summed E-state index contributed by atoms with van der Waals surface area (Å²) in [6.07, 6.45) is 3.06. The molecule has 0 amide bonds. The van der Waals surface area contributed by atoms with Crippen LogP contribution in [0, 0.1) is 15.9 Å². The molecule has 1 heterocycles. The number of halogens is 1. The third-order valence-corrected chi connectivity index (χ3v) is 3.19. The Morgan fingerprint density at radius 2 is 2.15 bits per heavy atom. The fraction of sp³-hybridized carbons (Fsp3) is 0.231. The van der Waals surface area contributed by atoms with Crippen molar-refractivity contribution in [1.29, 1.82) is 0 Å². The number of aromatic nitrogens is 1. The first kappa shape index (κ1) is 12.5. The molecule has 7 heteroatoms. The van der Waals surface area contributed by atoms with Gasteiger partial charge in [0.15, 0.2) is 5.76 Å². The lowest BCUT2D eigenvalue weighted by Crippen LogP contribution is -2.07. The van der Waals surface area contributed by atoms with E-state index in [1.165, 1.54) is 6.20 Å². The number of hydrogen-bond donors (Lipinski definition) is 0. The van der Waals surface area contributed by atoms with Crippen molar-refractivity contribution < 1.29 is 18.6 Å². The Morgan fingerprint density at radius 1 is 1.40 bits per heavy atom. The molecule has 1 aliphatic rings. The van der Waals surface area contributed by atoms with Gasteiger partial charge in [-0.2, -0.15) is 0 Å². The van der Waals surface area contributed by atoms with E-state index in [1.54, 1.807) is 0 Å². The number of carbonyl (C=O) groups is 1. The first-order valence-electron chi connectivity index (χ1n) is 6.01. The zero-order valence-electron chi connectivity index (χ0n) is 10.2. The van der Waals surface area contributed by atoms with Gasteiger partial charge in [0.25, 0.3) is 5.69 Å². The normalized spacial score (nSPS) is 14.2. The molecule has 1 fully saturated rings. The van der Waals surface area contributed by atoms with Gasteiger partial charge >= 0.3 is 0 Å². The van der Waals surface area contributed by atoms with E-state index >= 15 is 0 Å². The third kappa shape index (κ3) is 2.07. The van der Waals surface area contributed by atoms with Crippen LogP contribution < -0.4 is 0 Å². The topological polar surface area (TPSA) is 86.2 Å². The van der Waals surface area contributed by atoms with Crippen LogP contribution in [0.15, 0.2) is 28.9 Å². The van der Waals surface area contributed by atoms with E-state index in [9.17, 15) is 19.3 Å². The Kier molecular flexibility index (Phi) is 2.81. The van der Waals surface area contributed by atoms with Gasteiger partial charge in [0.05, 0.1) is 22.7 Å². The molecule has 0 saturated heterocycles. The quantitative estimate of drug-likeness (QED) is 0.487. The summed E-state index contributed by atoms with van der Waals surface area (Å²) in [5.74, 6) is -0.731. The van der Waals surface area contributed by atoms with Crippen LogP contribution >= 0.6 is 0 Å². The largest absolute Gasteiger partial charge is 0.360 e. The zero-order valence-corrected chi connectivity index (χ0v) is 10.2. The first-order valence-corrected chi connectivity index (χ1v) is 6.01. The van der Waals surface area contributed by atoms with Gasteiger partial charge in [0.2, 0.25) is 5.78 Å². The monoisotopic (exact) mass is 276 g/mol. The smallest absolute Gasteiger partial charge is 0.283 e. The van der Waals surface area contributed by atoms with Crippen LogP contribution in [-0.4, -0.2) is 15.9 Å². The summed E-state index contributed by atoms with van der Waals surface area (Å²) in [6.45, 7) is 0. The van der Waals surface area contributed by atoms with E-state index in [0.29, 0.717) is 5.76 Å². The molecule has 0 atom stereocenters. The maximum atomic E-state index is 13.1. The summed E-state index contributed by atoms with van der Waals surface area (Å²) in [7, 11) is 0. The lowest BCUT2D eigenvalue weighted by molar-refractivity contribution is -0.385. The van der Waals surface area contributed by atoms with Crippen LogP contribution in [0.25, 0.3) is 0 Å². The van der Waals surface area contributed by atoms with Crippen LogP contribution in [0.3, 0.4) is 0 Å². The molecule has 1 aliphatic carbocycles. The highest BCUT2D eigenvalue weighted by Crippen LogP contribution is 2.42. The van der Waals surface area contributed by atoms with Crippen LogP contribution in [0.4, 0.5) is 10.1 Å². The molecule has 6 nitrogen and oxygen atoms in total. The van der Waals surface area contributed by atoms with Gasteiger partial charge < -0.3 is 4.52 Å². The standard InChI is InChI=1S/C13H9FN2O4/c14-8-3-4-9(11(5-8)16(18)19)12(17)10-6-15-20-13(10)7-1-2-7/h3-7H,1-2H2. The van der Waals surface area contributed by atoms with Crippen molar-refractivity contribution in [2.24, 2.45) is 0 Å². The van der Waals surface area contributed by atoms with Gasteiger partial charge in [0.1, 0.15) is 11.4 Å². The fourth-order valence-electron chi connectivity index (χ4n) is 2.05. The highest BCUT2D eigenvalue weighted by molar-refractivity contribution is 6.12. The Morgan fingerprint density at radius 3 is 2.80 bits per heavy atom. The number of rotatable bonds is 4. The number of ketones is 1. The Bertz CT molecular complexity index is 706. The van der Waals surface area contributed by atoms with E-state index < -0.39 is 22.2 Å². The molecule has 0 radical (unpaired) electrons. The molecule has 1 aromatic carbocycles. The SMILES string of the molecule is O=C(c1ccc(F)cc1[N+](=O)[O-])c1cnoc1C1CC1. The summed E-state index contributed by atoms with van der Waals surface area (Å²) < 4.78 is 18.1. The third-order valence-electron chi connectivity index (χ3n) is 3.19. The Labute approximate surface area is 112 Å². The number of carbonyl (C=O) groups excluding carboxylic acids is 1. The highest BCUT2D eigenvalue weighted by Gasteiger charge is 2.34. The summed E-state index contributed by atoms with van der Waals surface area (Å²) in [5, 5.41) is 14.5. The van der Waals surface area contributed by atoms with Gasteiger partial charge in [-0.05, 0) is 25.0 Å². The predicted molar refractivity (Wildman–Crippen MR) is 65.0 cm³/mol. The van der Waals surface area contributed by atoms with E-state index in [2.05, 4.69) is 5.16 Å². The average Bonchev–Trinajstić information content (AvgIpc) is 3.15. The summed E-state index contributed by atoms with van der Waals surface area (Å²) in [4.78, 5) is 22.5. The lowest BCUT2D eigenvalue weighted by atomic mass is 10.0. The van der Waals surface area contributed by atoms with E-state index in [-0.39, 0.29) is 17.0 Å². The fourth-order valence-corrected chi connectivity index (χ4v) is 2.05. The molecule has 0 spiro atoms. The molecular formula is C13H9FN2O4. The maximum Gasteiger partial charge on any atom is 0.283 e. The van der Waals surface area contributed by atoms with Crippen molar-refractivity contribution in [1.82, 2.24) is 5.16 Å². The molecule has 0 aliphatic heterocycles. The second kappa shape index (κ2) is 4.52. The molecule has 2 aromatic rings. The van der Waals surface area contributed by atoms with Gasteiger partial charge in [-0.15, -0.1) is 0 Å². The van der Waals surface area contributed by atoms with E-state index in [0.717, 1.165) is 31.0 Å². The minimum absolute atomic E-state index is 0.149. The van der Waals surface area contributed by atoms with Crippen molar-refractivity contribution >= 4 is 11.5 Å². The minimum Gasteiger partial charge on any atom is -0.360 e. The van der Waals surface area contributed by atoms with Crippen molar-refractivity contribution in [3.05, 3.63) is 57.2 Å². The van der Waals surface area contributed by atoms with Crippen LogP contribution in [0.5, 0.6) is 0 Å². The molecule has 0 N–H and O–H groups in total. The molecule has 20 heavy (non-hydrogen) atoms. The van der Waals surface area contributed by atoms with Gasteiger partial charge in [-0.3, -0.25) is 14.9 Å². The molecule has 0 bridgehead atoms. The number of benzene rings is 1. The molecule has 1 aromatic heterocycles. The van der Waals surface area contributed by atoms with Crippen LogP contribution in [-0.2, 0) is 0 Å². The second-order valence-electron chi connectivity index (χ2n) is 4.63. The van der Waals surface area contributed by atoms with Gasteiger partial charge in [-0.1, -0.05) is 5.16 Å². The molecule has 3 rings (SSSR count). The molecule has 1 saturated carbocycles. The van der Waals surface area contributed by atoms with Crippen molar-refractivity contribution in [3.8, 4) is 0 Å². The van der Waals surface area contributed by atoms with Gasteiger partial charge in [0, 0.05) is 5.92 Å². The summed E-state index contributed by atoms with van der Waals surface area (Å²) in [6, 6.07) is 2.86. The zero-order chi connectivity index (χ0) is 14.3. The number of nitro groups is 1. The Hall–Kier alpha value is -2.57. The maximum absolute atomic E-state index is 13.1. The number of nitrogens with zero attached hydrogens (tertiary/aromatic N) is 2. The van der Waals surface area contributed by atoms with Crippen molar-refractivity contribution in [3.63, 3.8) is 0 Å². The van der Waals surface area contributed by atoms with Crippen LogP contribution in [0.2, 0.25) is 0 Å². The lowest BCUT2D eigenvalue weighted by Gasteiger charge is -2.02. The number of nitro benzene ring substituents is 1. The molecular weight excluding hydrogens is 267 g/mol. The molecule has 0 unspecified atom stereocenters. The minimum atomic E-state index is -0.777. The van der Waals surface area contributed by atoms with E-state index in [1.807, 2.05) is 0 Å². The van der Waals surface area contributed by atoms with Crippen molar-refractivity contribution in [2.45, 2.75) is 18.8 Å². The second-order valence-corrected chi connectivity index (χ2v) is 4.63. The van der Waals surface area contributed by atoms with Crippen molar-refractivity contribution in [2.75, 3.05) is 0 Å². The molecule has 102 valence electrons. The van der Waals surface area contributed by atoms with Gasteiger partial charge in [-0.25, -0.2) is 4.39 Å². The number of hydrogen-bond acceptors (Lipinski definition) is 5. The average molecular weight is 276 g/mol. The predicted octanol–water partition coefficient (Wildman–Crippen LogP) is 2.83. The summed E-state index contributed by atoms with van der Waals surface area (Å²) >= 11 is 0.